The van der Waals surface area contributed by atoms with Crippen LogP contribution in [-0.2, 0) is 11.4 Å². The summed E-state index contributed by atoms with van der Waals surface area (Å²) in [4.78, 5) is 10.6. The highest BCUT2D eigenvalue weighted by atomic mass is 79.9. The number of carboxylic acid groups (broad SMARTS) is 1. The van der Waals surface area contributed by atoms with E-state index in [2.05, 4.69) is 15.9 Å². The standard InChI is InChI=1S/C16H13BrO3/c17-14-6-3-4-12(10-14)11-20-15-7-2-1-5-13(15)8-9-16(18)19/h1-10H,11H2,(H,18,19)/b9-8+. The van der Waals surface area contributed by atoms with Gasteiger partial charge in [0.05, 0.1) is 0 Å². The summed E-state index contributed by atoms with van der Waals surface area (Å²) in [7, 11) is 0. The smallest absolute Gasteiger partial charge is 0.328 e. The number of carboxylic acids is 1. The highest BCUT2D eigenvalue weighted by Crippen LogP contribution is 2.21. The first-order chi connectivity index (χ1) is 9.65. The third kappa shape index (κ3) is 4.24. The molecule has 3 nitrogen and oxygen atoms in total. The van der Waals surface area contributed by atoms with Crippen LogP contribution >= 0.6 is 15.9 Å². The van der Waals surface area contributed by atoms with E-state index in [1.807, 2.05) is 48.5 Å². The number of para-hydroxylation sites is 1. The Hall–Kier alpha value is -2.07. The van der Waals surface area contributed by atoms with Crippen LogP contribution in [0.3, 0.4) is 0 Å². The zero-order valence-electron chi connectivity index (χ0n) is 10.6. The Balaban J connectivity index is 2.11. The molecule has 4 heteroatoms. The van der Waals surface area contributed by atoms with Crippen molar-refractivity contribution < 1.29 is 14.6 Å². The number of halogens is 1. The van der Waals surface area contributed by atoms with Crippen LogP contribution in [0, 0.1) is 0 Å². The Labute approximate surface area is 125 Å². The number of carbonyl (C=O) groups is 1. The molecule has 0 aromatic heterocycles. The minimum Gasteiger partial charge on any atom is -0.488 e. The Bertz CT molecular complexity index is 635. The topological polar surface area (TPSA) is 46.5 Å². The van der Waals surface area contributed by atoms with Crippen molar-refractivity contribution in [3.8, 4) is 5.75 Å². The summed E-state index contributed by atoms with van der Waals surface area (Å²) in [6.45, 7) is 0.428. The Morgan fingerprint density at radius 1 is 1.20 bits per heavy atom. The fraction of sp³-hybridized carbons (Fsp3) is 0.0625. The first kappa shape index (κ1) is 14.3. The summed E-state index contributed by atoms with van der Waals surface area (Å²) in [5.74, 6) is -0.322. The van der Waals surface area contributed by atoms with Gasteiger partial charge in [-0.25, -0.2) is 4.79 Å². The molecule has 0 aliphatic heterocycles. The van der Waals surface area contributed by atoms with Crippen molar-refractivity contribution in [2.45, 2.75) is 6.61 Å². The highest BCUT2D eigenvalue weighted by Gasteiger charge is 2.01. The van der Waals surface area contributed by atoms with Crippen molar-refractivity contribution in [3.05, 3.63) is 70.2 Å². The summed E-state index contributed by atoms with van der Waals surface area (Å²) >= 11 is 3.41. The first-order valence-corrected chi connectivity index (χ1v) is 6.82. The van der Waals surface area contributed by atoms with Crippen LogP contribution in [0.25, 0.3) is 6.08 Å². The molecular formula is C16H13BrO3. The third-order valence-electron chi connectivity index (χ3n) is 2.61. The van der Waals surface area contributed by atoms with E-state index in [0.717, 1.165) is 21.7 Å². The molecule has 20 heavy (non-hydrogen) atoms. The molecule has 2 aromatic carbocycles. The van der Waals surface area contributed by atoms with Gasteiger partial charge in [0.2, 0.25) is 0 Å². The second-order valence-electron chi connectivity index (χ2n) is 4.13. The molecule has 0 saturated heterocycles. The quantitative estimate of drug-likeness (QED) is 0.837. The maximum Gasteiger partial charge on any atom is 0.328 e. The Morgan fingerprint density at radius 2 is 2.00 bits per heavy atom. The zero-order chi connectivity index (χ0) is 14.4. The molecule has 0 spiro atoms. The van der Waals surface area contributed by atoms with E-state index in [4.69, 9.17) is 9.84 Å². The Morgan fingerprint density at radius 3 is 2.75 bits per heavy atom. The molecule has 0 bridgehead atoms. The number of rotatable bonds is 5. The molecule has 0 aliphatic carbocycles. The molecule has 0 amide bonds. The fourth-order valence-electron chi connectivity index (χ4n) is 1.70. The lowest BCUT2D eigenvalue weighted by atomic mass is 10.2. The average Bonchev–Trinajstić information content (AvgIpc) is 2.44. The van der Waals surface area contributed by atoms with Gasteiger partial charge in [-0.3, -0.25) is 0 Å². The van der Waals surface area contributed by atoms with E-state index in [9.17, 15) is 4.79 Å². The lowest BCUT2D eigenvalue weighted by Crippen LogP contribution is -1.97. The predicted octanol–water partition coefficient (Wildman–Crippen LogP) is 4.13. The van der Waals surface area contributed by atoms with Crippen LogP contribution in [0.15, 0.2) is 59.1 Å². The number of aliphatic carboxylic acids is 1. The van der Waals surface area contributed by atoms with Gasteiger partial charge in [0.25, 0.3) is 0 Å². The molecule has 1 N–H and O–H groups in total. The van der Waals surface area contributed by atoms with Crippen molar-refractivity contribution in [2.75, 3.05) is 0 Å². The third-order valence-corrected chi connectivity index (χ3v) is 3.10. The lowest BCUT2D eigenvalue weighted by Gasteiger charge is -2.09. The van der Waals surface area contributed by atoms with Crippen LogP contribution in [0.4, 0.5) is 0 Å². The average molecular weight is 333 g/mol. The van der Waals surface area contributed by atoms with Crippen molar-refractivity contribution in [1.29, 1.82) is 0 Å². The summed E-state index contributed by atoms with van der Waals surface area (Å²) in [6.07, 6.45) is 2.62. The molecule has 0 atom stereocenters. The number of ether oxygens (including phenoxy) is 1. The van der Waals surface area contributed by atoms with Crippen molar-refractivity contribution in [1.82, 2.24) is 0 Å². The molecule has 0 fully saturated rings. The van der Waals surface area contributed by atoms with Gasteiger partial charge < -0.3 is 9.84 Å². The largest absolute Gasteiger partial charge is 0.488 e. The maximum absolute atomic E-state index is 10.6. The maximum atomic E-state index is 10.6. The molecule has 2 rings (SSSR count). The van der Waals surface area contributed by atoms with E-state index >= 15 is 0 Å². The molecule has 0 radical (unpaired) electrons. The van der Waals surface area contributed by atoms with E-state index in [-0.39, 0.29) is 0 Å². The SMILES string of the molecule is O=C(O)/C=C/c1ccccc1OCc1cccc(Br)c1. The monoisotopic (exact) mass is 332 g/mol. The summed E-state index contributed by atoms with van der Waals surface area (Å²) in [5.41, 5.74) is 1.78. The van der Waals surface area contributed by atoms with Gasteiger partial charge in [-0.05, 0) is 29.8 Å². The van der Waals surface area contributed by atoms with Gasteiger partial charge in [-0.2, -0.15) is 0 Å². The van der Waals surface area contributed by atoms with E-state index in [1.54, 1.807) is 0 Å². The van der Waals surface area contributed by atoms with Crippen LogP contribution in [0.5, 0.6) is 5.75 Å². The Kier molecular flexibility index (Phi) is 4.96. The van der Waals surface area contributed by atoms with E-state index < -0.39 is 5.97 Å². The number of hydrogen-bond donors (Lipinski definition) is 1. The molecule has 2 aromatic rings. The van der Waals surface area contributed by atoms with Gasteiger partial charge in [0.15, 0.2) is 0 Å². The van der Waals surface area contributed by atoms with Gasteiger partial charge in [-0.1, -0.05) is 46.3 Å². The minimum absolute atomic E-state index is 0.428. The van der Waals surface area contributed by atoms with Crippen molar-refractivity contribution >= 4 is 28.0 Å². The van der Waals surface area contributed by atoms with Gasteiger partial charge in [0, 0.05) is 16.1 Å². The zero-order valence-corrected chi connectivity index (χ0v) is 12.2. The van der Waals surface area contributed by atoms with E-state index in [0.29, 0.717) is 12.4 Å². The molecule has 0 aliphatic rings. The molecular weight excluding hydrogens is 320 g/mol. The summed E-state index contributed by atoms with van der Waals surface area (Å²) in [5, 5.41) is 8.67. The number of benzene rings is 2. The van der Waals surface area contributed by atoms with Crippen LogP contribution in [0.1, 0.15) is 11.1 Å². The molecule has 0 unspecified atom stereocenters. The normalized spacial score (nSPS) is 10.7. The summed E-state index contributed by atoms with van der Waals surface area (Å²) < 4.78 is 6.74. The fourth-order valence-corrected chi connectivity index (χ4v) is 2.15. The first-order valence-electron chi connectivity index (χ1n) is 6.02. The second-order valence-corrected chi connectivity index (χ2v) is 5.04. The van der Waals surface area contributed by atoms with Crippen LogP contribution in [0.2, 0.25) is 0 Å². The van der Waals surface area contributed by atoms with Crippen LogP contribution in [-0.4, -0.2) is 11.1 Å². The lowest BCUT2D eigenvalue weighted by molar-refractivity contribution is -0.131. The van der Waals surface area contributed by atoms with Crippen molar-refractivity contribution in [3.63, 3.8) is 0 Å². The molecule has 0 heterocycles. The molecule has 0 saturated carbocycles. The van der Waals surface area contributed by atoms with E-state index in [1.165, 1.54) is 6.08 Å². The highest BCUT2D eigenvalue weighted by molar-refractivity contribution is 9.10. The van der Waals surface area contributed by atoms with Gasteiger partial charge in [-0.15, -0.1) is 0 Å². The summed E-state index contributed by atoms with van der Waals surface area (Å²) in [6, 6.07) is 15.2. The predicted molar refractivity (Wildman–Crippen MR) is 81.6 cm³/mol. The van der Waals surface area contributed by atoms with Gasteiger partial charge >= 0.3 is 5.97 Å². The second kappa shape index (κ2) is 6.91. The van der Waals surface area contributed by atoms with Gasteiger partial charge in [0.1, 0.15) is 12.4 Å². The van der Waals surface area contributed by atoms with Crippen LogP contribution < -0.4 is 4.74 Å². The molecule has 102 valence electrons. The minimum atomic E-state index is -0.980. The van der Waals surface area contributed by atoms with Crippen molar-refractivity contribution in [2.24, 2.45) is 0 Å². The number of hydrogen-bond acceptors (Lipinski definition) is 2.